The highest BCUT2D eigenvalue weighted by Crippen LogP contribution is 2.48. The van der Waals surface area contributed by atoms with Crippen LogP contribution in [0.5, 0.6) is 0 Å². The van der Waals surface area contributed by atoms with Crippen LogP contribution in [0.4, 0.5) is 13.2 Å². The van der Waals surface area contributed by atoms with Crippen LogP contribution in [0.1, 0.15) is 24.3 Å². The van der Waals surface area contributed by atoms with Crippen LogP contribution in [0, 0.1) is 23.4 Å². The first kappa shape index (κ1) is 24.2. The van der Waals surface area contributed by atoms with Crippen LogP contribution in [0.2, 0.25) is 0 Å². The van der Waals surface area contributed by atoms with Gasteiger partial charge in [-0.2, -0.15) is 12.8 Å². The highest BCUT2D eigenvalue weighted by Gasteiger charge is 2.34. The summed E-state index contributed by atoms with van der Waals surface area (Å²) in [6.07, 6.45) is 2.45. The highest BCUT2D eigenvalue weighted by molar-refractivity contribution is 7.90. The second-order valence-corrected chi connectivity index (χ2v) is 11.1. The predicted octanol–water partition coefficient (Wildman–Crippen LogP) is 6.05. The van der Waals surface area contributed by atoms with Crippen LogP contribution in [0.25, 0.3) is 33.1 Å². The molecule has 1 aliphatic carbocycles. The van der Waals surface area contributed by atoms with Crippen molar-refractivity contribution in [3.8, 4) is 11.3 Å². The molecule has 6 nitrogen and oxygen atoms in total. The van der Waals surface area contributed by atoms with E-state index in [2.05, 4.69) is 14.4 Å². The van der Waals surface area contributed by atoms with Crippen molar-refractivity contribution in [2.24, 2.45) is 10.3 Å². The highest BCUT2D eigenvalue weighted by atomic mass is 32.2. The molecule has 0 spiro atoms. The maximum absolute atomic E-state index is 14.6. The maximum Gasteiger partial charge on any atom is 0.282 e. The van der Waals surface area contributed by atoms with E-state index in [1.807, 2.05) is 0 Å². The molecule has 2 N–H and O–H groups in total. The number of rotatable bonds is 5. The molecule has 10 heteroatoms. The molecule has 0 saturated heterocycles. The van der Waals surface area contributed by atoms with E-state index in [1.165, 1.54) is 48.7 Å². The van der Waals surface area contributed by atoms with Crippen molar-refractivity contribution in [1.29, 1.82) is 0 Å². The van der Waals surface area contributed by atoms with E-state index in [9.17, 15) is 26.4 Å². The Kier molecular flexibility index (Phi) is 5.71. The fourth-order valence-electron chi connectivity index (χ4n) is 5.05. The van der Waals surface area contributed by atoms with Crippen LogP contribution >= 0.6 is 0 Å². The maximum atomic E-state index is 14.6. The molecule has 0 atom stereocenters. The molecule has 1 aliphatic rings. The number of aromatic nitrogens is 2. The summed E-state index contributed by atoms with van der Waals surface area (Å²) >= 11 is 0. The molecule has 3 aromatic carbocycles. The second-order valence-electron chi connectivity index (χ2n) is 9.46. The fourth-order valence-corrected chi connectivity index (χ4v) is 6.02. The van der Waals surface area contributed by atoms with Gasteiger partial charge in [0.25, 0.3) is 10.0 Å². The Hall–Kier alpha value is -4.18. The molecular formula is C28H20F3N3O3S. The van der Waals surface area contributed by atoms with Gasteiger partial charge in [0.2, 0.25) is 5.56 Å². The largest absolute Gasteiger partial charge is 0.352 e. The standard InChI is InChI=1S/C28H20F3N3O3S/c29-19-4-1-16(2-5-19)27-26(22-12-20(30)13-23(31)28(22)34-27)18-9-15(10-18)14-32-38(36,37)21-6-7-24-17(11-21)3-8-25(35)33-24/h1-8,11-15,18,34H,9-10H2,(H,33,35)/b32-14+/t15-,18-. The van der Waals surface area contributed by atoms with Crippen molar-refractivity contribution in [2.75, 3.05) is 0 Å². The SMILES string of the molecule is O=c1ccc2cc(S(=O)(=O)/N=C/[C@H]3C[C@H](c4c(-c5ccc(F)cc5)[nH]c5c(F)cc(F)cc54)C3)ccc2[nH]1. The third-order valence-corrected chi connectivity index (χ3v) is 8.23. The van der Waals surface area contributed by atoms with Crippen LogP contribution in [0.3, 0.4) is 0 Å². The van der Waals surface area contributed by atoms with Crippen molar-refractivity contribution in [1.82, 2.24) is 9.97 Å². The van der Waals surface area contributed by atoms with Crippen LogP contribution in [0.15, 0.2) is 80.8 Å². The van der Waals surface area contributed by atoms with Gasteiger partial charge in [0.1, 0.15) is 17.5 Å². The van der Waals surface area contributed by atoms with Gasteiger partial charge < -0.3 is 9.97 Å². The molecule has 1 saturated carbocycles. The van der Waals surface area contributed by atoms with Crippen molar-refractivity contribution >= 4 is 38.0 Å². The molecule has 0 bridgehead atoms. The Morgan fingerprint density at radius 2 is 1.63 bits per heavy atom. The lowest BCUT2D eigenvalue weighted by molar-refractivity contribution is 0.353. The number of nitrogens with one attached hydrogen (secondary N) is 2. The summed E-state index contributed by atoms with van der Waals surface area (Å²) in [5.41, 5.74) is 2.32. The van der Waals surface area contributed by atoms with E-state index >= 15 is 0 Å². The number of hydrogen-bond donors (Lipinski definition) is 2. The number of hydrogen-bond acceptors (Lipinski definition) is 3. The molecule has 38 heavy (non-hydrogen) atoms. The zero-order valence-corrected chi connectivity index (χ0v) is 20.5. The van der Waals surface area contributed by atoms with Crippen LogP contribution < -0.4 is 5.56 Å². The van der Waals surface area contributed by atoms with E-state index < -0.39 is 27.5 Å². The lowest BCUT2D eigenvalue weighted by Crippen LogP contribution is -2.23. The number of benzene rings is 3. The first-order valence-electron chi connectivity index (χ1n) is 11.9. The molecule has 2 aromatic heterocycles. The van der Waals surface area contributed by atoms with Gasteiger partial charge in [-0.15, -0.1) is 0 Å². The number of fused-ring (bicyclic) bond motifs is 2. The second kappa shape index (κ2) is 8.98. The van der Waals surface area contributed by atoms with Crippen molar-refractivity contribution in [2.45, 2.75) is 23.7 Å². The summed E-state index contributed by atoms with van der Waals surface area (Å²) in [7, 11) is -3.97. The Labute approximate surface area is 214 Å². The van der Waals surface area contributed by atoms with Crippen molar-refractivity contribution < 1.29 is 21.6 Å². The van der Waals surface area contributed by atoms with Crippen LogP contribution in [-0.2, 0) is 10.0 Å². The molecule has 0 amide bonds. The Morgan fingerprint density at radius 3 is 2.39 bits per heavy atom. The van der Waals surface area contributed by atoms with E-state index in [0.29, 0.717) is 46.0 Å². The van der Waals surface area contributed by atoms with Gasteiger partial charge in [-0.25, -0.2) is 13.2 Å². The molecule has 5 aromatic rings. The normalized spacial score (nSPS) is 17.9. The quantitative estimate of drug-likeness (QED) is 0.268. The van der Waals surface area contributed by atoms with Gasteiger partial charge in [0.15, 0.2) is 0 Å². The third-order valence-electron chi connectivity index (χ3n) is 6.98. The minimum absolute atomic E-state index is 0.00495. The third kappa shape index (κ3) is 4.30. The summed E-state index contributed by atoms with van der Waals surface area (Å²) < 4.78 is 71.7. The lowest BCUT2D eigenvalue weighted by Gasteiger charge is -2.33. The monoisotopic (exact) mass is 535 g/mol. The number of sulfonamides is 1. The fraction of sp³-hybridized carbons (Fsp3) is 0.143. The average Bonchev–Trinajstić information content (AvgIpc) is 3.22. The van der Waals surface area contributed by atoms with Gasteiger partial charge in [-0.1, -0.05) is 0 Å². The molecule has 2 heterocycles. The van der Waals surface area contributed by atoms with E-state index in [-0.39, 0.29) is 27.8 Å². The summed E-state index contributed by atoms with van der Waals surface area (Å²) in [5, 5.41) is 0.973. The number of H-pyrrole nitrogens is 2. The van der Waals surface area contributed by atoms with Gasteiger partial charge >= 0.3 is 0 Å². The zero-order chi connectivity index (χ0) is 26.6. The molecular weight excluding hydrogens is 515 g/mol. The number of nitrogens with zero attached hydrogens (tertiary/aromatic N) is 1. The first-order valence-corrected chi connectivity index (χ1v) is 13.3. The summed E-state index contributed by atoms with van der Waals surface area (Å²) in [6.45, 7) is 0. The van der Waals surface area contributed by atoms with Gasteiger partial charge in [0, 0.05) is 29.3 Å². The van der Waals surface area contributed by atoms with Gasteiger partial charge in [-0.05, 0) is 95.8 Å². The summed E-state index contributed by atoms with van der Waals surface area (Å²) in [4.78, 5) is 17.1. The topological polar surface area (TPSA) is 95.2 Å². The van der Waals surface area contributed by atoms with E-state index in [4.69, 9.17) is 0 Å². The number of aromatic amines is 2. The smallest absolute Gasteiger partial charge is 0.282 e. The van der Waals surface area contributed by atoms with Gasteiger partial charge in [-0.3, -0.25) is 4.79 Å². The van der Waals surface area contributed by atoms with Crippen molar-refractivity contribution in [3.63, 3.8) is 0 Å². The summed E-state index contributed by atoms with van der Waals surface area (Å²) in [5.74, 6) is -2.11. The van der Waals surface area contributed by atoms with E-state index in [1.54, 1.807) is 18.2 Å². The van der Waals surface area contributed by atoms with E-state index in [0.717, 1.165) is 6.07 Å². The number of halogens is 3. The molecule has 1 fully saturated rings. The average molecular weight is 536 g/mol. The molecule has 6 rings (SSSR count). The molecule has 0 radical (unpaired) electrons. The minimum Gasteiger partial charge on any atom is -0.352 e. The first-order chi connectivity index (χ1) is 18.2. The summed E-state index contributed by atoms with van der Waals surface area (Å²) in [6, 6.07) is 15.0. The Balaban J connectivity index is 1.28. The minimum atomic E-state index is -3.97. The molecule has 0 aliphatic heterocycles. The number of pyridine rings is 1. The van der Waals surface area contributed by atoms with Crippen molar-refractivity contribution in [3.05, 3.63) is 100 Å². The lowest BCUT2D eigenvalue weighted by atomic mass is 9.71. The predicted molar refractivity (Wildman–Crippen MR) is 139 cm³/mol. The zero-order valence-electron chi connectivity index (χ0n) is 19.7. The molecule has 192 valence electrons. The Morgan fingerprint density at radius 1 is 0.868 bits per heavy atom. The Bertz CT molecular complexity index is 1910. The van der Waals surface area contributed by atoms with Crippen LogP contribution in [-0.4, -0.2) is 24.6 Å². The van der Waals surface area contributed by atoms with Gasteiger partial charge in [0.05, 0.1) is 16.1 Å². The molecule has 0 unspecified atom stereocenters.